The monoisotopic (exact) mass is 362 g/mol. The van der Waals surface area contributed by atoms with Crippen LogP contribution in [0, 0.1) is 0 Å². The van der Waals surface area contributed by atoms with Gasteiger partial charge >= 0.3 is 0 Å². The zero-order valence-corrected chi connectivity index (χ0v) is 14.9. The van der Waals surface area contributed by atoms with Gasteiger partial charge in [-0.15, -0.1) is 11.3 Å². The summed E-state index contributed by atoms with van der Waals surface area (Å²) in [5.74, 6) is 0.957. The Kier molecular flexibility index (Phi) is 5.19. The Morgan fingerprint density at radius 2 is 2.08 bits per heavy atom. The molecule has 25 heavy (non-hydrogen) atoms. The third-order valence-corrected chi connectivity index (χ3v) is 5.11. The summed E-state index contributed by atoms with van der Waals surface area (Å²) >= 11 is 1.33. The molecule has 2 aromatic rings. The molecule has 0 spiro atoms. The number of nitrogens with one attached hydrogen (secondary N) is 2. The minimum atomic E-state index is -0.791. The highest BCUT2D eigenvalue weighted by molar-refractivity contribution is 7.14. The van der Waals surface area contributed by atoms with Crippen LogP contribution in [-0.4, -0.2) is 22.3 Å². The molecule has 0 unspecified atom stereocenters. The highest BCUT2D eigenvalue weighted by Crippen LogP contribution is 2.30. The lowest BCUT2D eigenvalue weighted by molar-refractivity contribution is -0.122. The summed E-state index contributed by atoms with van der Waals surface area (Å²) in [6.07, 6.45) is 4.52. The zero-order chi connectivity index (χ0) is 17.9. The average Bonchev–Trinajstić information content (AvgIpc) is 3.22. The van der Waals surface area contributed by atoms with Crippen LogP contribution in [0.25, 0.3) is 11.5 Å². The molecule has 0 radical (unpaired) electrons. The Morgan fingerprint density at radius 3 is 2.80 bits per heavy atom. The molecular formula is C17H22N4O3S. The van der Waals surface area contributed by atoms with Crippen LogP contribution in [0.5, 0.6) is 0 Å². The van der Waals surface area contributed by atoms with E-state index >= 15 is 0 Å². The first-order valence-electron chi connectivity index (χ1n) is 8.36. The van der Waals surface area contributed by atoms with E-state index in [2.05, 4.69) is 15.6 Å². The number of aromatic nitrogens is 1. The summed E-state index contributed by atoms with van der Waals surface area (Å²) < 4.78 is 5.67. The van der Waals surface area contributed by atoms with E-state index in [9.17, 15) is 9.59 Å². The van der Waals surface area contributed by atoms with E-state index in [-0.39, 0.29) is 11.8 Å². The van der Waals surface area contributed by atoms with E-state index in [1.54, 1.807) is 12.1 Å². The van der Waals surface area contributed by atoms with Crippen molar-refractivity contribution in [2.75, 3.05) is 5.32 Å². The van der Waals surface area contributed by atoms with Crippen molar-refractivity contribution in [3.63, 3.8) is 0 Å². The van der Waals surface area contributed by atoms with E-state index in [1.165, 1.54) is 18.3 Å². The number of hydrogen-bond acceptors (Lipinski definition) is 6. The van der Waals surface area contributed by atoms with E-state index in [0.29, 0.717) is 41.7 Å². The Hall–Kier alpha value is -2.19. The SMILES string of the molecule is CC(=O)NCc1ccc(-c2csc(NC(=O)C3(N)CCCCC3)n2)o1. The lowest BCUT2D eigenvalue weighted by atomic mass is 9.82. The summed E-state index contributed by atoms with van der Waals surface area (Å²) in [4.78, 5) is 27.8. The number of carbonyl (C=O) groups is 2. The fraction of sp³-hybridized carbons (Fsp3) is 0.471. The van der Waals surface area contributed by atoms with Crippen molar-refractivity contribution in [1.82, 2.24) is 10.3 Å². The molecule has 8 heteroatoms. The van der Waals surface area contributed by atoms with Crippen LogP contribution in [0.4, 0.5) is 5.13 Å². The molecular weight excluding hydrogens is 340 g/mol. The van der Waals surface area contributed by atoms with E-state index in [0.717, 1.165) is 19.3 Å². The number of nitrogens with zero attached hydrogens (tertiary/aromatic N) is 1. The average molecular weight is 362 g/mol. The van der Waals surface area contributed by atoms with Gasteiger partial charge in [-0.1, -0.05) is 19.3 Å². The summed E-state index contributed by atoms with van der Waals surface area (Å²) in [6.45, 7) is 1.79. The zero-order valence-electron chi connectivity index (χ0n) is 14.1. The number of furan rings is 1. The third-order valence-electron chi connectivity index (χ3n) is 4.35. The number of anilines is 1. The lowest BCUT2D eigenvalue weighted by Crippen LogP contribution is -2.52. The molecule has 2 heterocycles. The van der Waals surface area contributed by atoms with Crippen molar-refractivity contribution in [1.29, 1.82) is 0 Å². The van der Waals surface area contributed by atoms with Gasteiger partial charge in [0.25, 0.3) is 0 Å². The summed E-state index contributed by atoms with van der Waals surface area (Å²) in [5.41, 5.74) is 6.09. The highest BCUT2D eigenvalue weighted by atomic mass is 32.1. The Morgan fingerprint density at radius 1 is 1.32 bits per heavy atom. The largest absolute Gasteiger partial charge is 0.458 e. The van der Waals surface area contributed by atoms with Crippen LogP contribution >= 0.6 is 11.3 Å². The standard InChI is InChI=1S/C17H22N4O3S/c1-11(22)19-9-12-5-6-14(24-12)13-10-25-16(20-13)21-15(23)17(18)7-3-2-4-8-17/h5-6,10H,2-4,7-9,18H2,1H3,(H,19,22)(H,20,21,23). The van der Waals surface area contributed by atoms with Gasteiger partial charge in [-0.25, -0.2) is 4.98 Å². The summed E-state index contributed by atoms with van der Waals surface area (Å²) in [6, 6.07) is 3.59. The first kappa shape index (κ1) is 17.6. The predicted octanol–water partition coefficient (Wildman–Crippen LogP) is 2.64. The van der Waals surface area contributed by atoms with Crippen molar-refractivity contribution in [3.05, 3.63) is 23.3 Å². The molecule has 1 aliphatic rings. The lowest BCUT2D eigenvalue weighted by Gasteiger charge is -2.31. The topological polar surface area (TPSA) is 110 Å². The second kappa shape index (κ2) is 7.37. The van der Waals surface area contributed by atoms with Gasteiger partial charge in [0.1, 0.15) is 11.5 Å². The van der Waals surface area contributed by atoms with Crippen LogP contribution in [0.2, 0.25) is 0 Å². The van der Waals surface area contributed by atoms with Gasteiger partial charge in [0.05, 0.1) is 12.1 Å². The maximum absolute atomic E-state index is 12.5. The van der Waals surface area contributed by atoms with E-state index in [4.69, 9.17) is 10.2 Å². The van der Waals surface area contributed by atoms with Crippen LogP contribution in [0.1, 0.15) is 44.8 Å². The fourth-order valence-corrected chi connectivity index (χ4v) is 3.59. The van der Waals surface area contributed by atoms with Crippen molar-refractivity contribution in [3.8, 4) is 11.5 Å². The number of amides is 2. The molecule has 0 aromatic carbocycles. The van der Waals surface area contributed by atoms with Crippen LogP contribution in [-0.2, 0) is 16.1 Å². The number of rotatable bonds is 5. The third kappa shape index (κ3) is 4.26. The minimum Gasteiger partial charge on any atom is -0.458 e. The molecule has 1 fully saturated rings. The normalized spacial score (nSPS) is 16.4. The first-order valence-corrected chi connectivity index (χ1v) is 9.24. The van der Waals surface area contributed by atoms with Gasteiger partial charge in [0, 0.05) is 12.3 Å². The van der Waals surface area contributed by atoms with Crippen LogP contribution < -0.4 is 16.4 Å². The molecule has 7 nitrogen and oxygen atoms in total. The maximum atomic E-state index is 12.5. The van der Waals surface area contributed by atoms with Gasteiger partial charge in [0.2, 0.25) is 11.8 Å². The maximum Gasteiger partial charge on any atom is 0.246 e. The molecule has 0 atom stereocenters. The van der Waals surface area contributed by atoms with Gasteiger partial charge in [0.15, 0.2) is 10.9 Å². The molecule has 0 aliphatic heterocycles. The summed E-state index contributed by atoms with van der Waals surface area (Å²) in [5, 5.41) is 7.84. The van der Waals surface area contributed by atoms with Gasteiger partial charge in [-0.2, -0.15) is 0 Å². The first-order chi connectivity index (χ1) is 12.0. The number of thiazole rings is 1. The highest BCUT2D eigenvalue weighted by Gasteiger charge is 2.35. The summed E-state index contributed by atoms with van der Waals surface area (Å²) in [7, 11) is 0. The van der Waals surface area contributed by atoms with Gasteiger partial charge in [-0.05, 0) is 25.0 Å². The number of nitrogens with two attached hydrogens (primary N) is 1. The second-order valence-corrected chi connectivity index (χ2v) is 7.24. The van der Waals surface area contributed by atoms with Crippen LogP contribution in [0.3, 0.4) is 0 Å². The molecule has 0 bridgehead atoms. The van der Waals surface area contributed by atoms with Crippen molar-refractivity contribution < 1.29 is 14.0 Å². The Balaban J connectivity index is 1.64. The van der Waals surface area contributed by atoms with Gasteiger partial charge < -0.3 is 20.8 Å². The molecule has 2 aromatic heterocycles. The number of hydrogen-bond donors (Lipinski definition) is 3. The molecule has 1 saturated carbocycles. The van der Waals surface area contributed by atoms with Crippen molar-refractivity contribution in [2.45, 2.75) is 51.1 Å². The second-order valence-electron chi connectivity index (χ2n) is 6.38. The minimum absolute atomic E-state index is 0.116. The molecule has 134 valence electrons. The van der Waals surface area contributed by atoms with Crippen molar-refractivity contribution in [2.24, 2.45) is 5.73 Å². The quantitative estimate of drug-likeness (QED) is 0.757. The van der Waals surface area contributed by atoms with E-state index < -0.39 is 5.54 Å². The fourth-order valence-electron chi connectivity index (χ4n) is 2.90. The Labute approximate surface area is 150 Å². The molecule has 4 N–H and O–H groups in total. The Bertz CT molecular complexity index is 762. The molecule has 2 amide bonds. The molecule has 0 saturated heterocycles. The number of carbonyl (C=O) groups excluding carboxylic acids is 2. The smallest absolute Gasteiger partial charge is 0.246 e. The van der Waals surface area contributed by atoms with Crippen LogP contribution in [0.15, 0.2) is 21.9 Å². The van der Waals surface area contributed by atoms with E-state index in [1.807, 2.05) is 5.38 Å². The predicted molar refractivity (Wildman–Crippen MR) is 96.0 cm³/mol. The molecule has 3 rings (SSSR count). The molecule has 1 aliphatic carbocycles. The van der Waals surface area contributed by atoms with Gasteiger partial charge in [-0.3, -0.25) is 9.59 Å². The van der Waals surface area contributed by atoms with Crippen molar-refractivity contribution >= 4 is 28.3 Å².